The second-order valence-electron chi connectivity index (χ2n) is 4.67. The summed E-state index contributed by atoms with van der Waals surface area (Å²) in [5.74, 6) is -1.02. The molecule has 0 aliphatic rings. The van der Waals surface area contributed by atoms with Crippen LogP contribution in [-0.2, 0) is 6.61 Å². The van der Waals surface area contributed by atoms with Crippen molar-refractivity contribution in [1.82, 2.24) is 4.98 Å². The zero-order valence-electron chi connectivity index (χ0n) is 11.2. The lowest BCUT2D eigenvalue weighted by Crippen LogP contribution is -2.10. The molecule has 0 amide bonds. The van der Waals surface area contributed by atoms with Gasteiger partial charge in [-0.2, -0.15) is 0 Å². The minimum atomic E-state index is -0.690. The second kappa shape index (κ2) is 5.88. The lowest BCUT2D eigenvalue weighted by Gasteiger charge is -2.11. The number of ether oxygens (including phenoxy) is 1. The predicted octanol–water partition coefficient (Wildman–Crippen LogP) is 4.15. The van der Waals surface area contributed by atoms with E-state index < -0.39 is 11.6 Å². The van der Waals surface area contributed by atoms with Gasteiger partial charge in [0.2, 0.25) is 0 Å². The lowest BCUT2D eigenvalue weighted by molar-refractivity contribution is 0.300. The lowest BCUT2D eigenvalue weighted by atomic mass is 10.2. The van der Waals surface area contributed by atoms with Crippen molar-refractivity contribution < 1.29 is 13.5 Å². The topological polar surface area (TPSA) is 42.1 Å². The van der Waals surface area contributed by atoms with Crippen LogP contribution in [0.5, 0.6) is 5.75 Å². The number of H-pyrrole nitrogens is 1. The number of hydrogen-bond donors (Lipinski definition) is 1. The largest absolute Gasteiger partial charge is 0.487 e. The first kappa shape index (κ1) is 14.7. The second-order valence-corrected chi connectivity index (χ2v) is 5.46. The molecule has 0 unspecified atom stereocenters. The Hall–Kier alpha value is -2.21. The van der Waals surface area contributed by atoms with Gasteiger partial charge in [-0.25, -0.2) is 8.78 Å². The molecule has 3 nitrogen and oxygen atoms in total. The van der Waals surface area contributed by atoms with Gasteiger partial charge in [-0.15, -0.1) is 0 Å². The van der Waals surface area contributed by atoms with Crippen LogP contribution < -0.4 is 10.3 Å². The van der Waals surface area contributed by atoms with Gasteiger partial charge >= 0.3 is 0 Å². The first-order valence-corrected chi connectivity index (χ1v) is 7.23. The Morgan fingerprint density at radius 2 is 1.91 bits per heavy atom. The molecule has 22 heavy (non-hydrogen) atoms. The SMILES string of the molecule is O=c1[nH]c2ccccc2c(OCc2ccc(F)cc2F)c1Br. The van der Waals surface area contributed by atoms with Crippen LogP contribution in [0.4, 0.5) is 8.78 Å². The number of nitrogens with one attached hydrogen (secondary N) is 1. The summed E-state index contributed by atoms with van der Waals surface area (Å²) in [4.78, 5) is 14.6. The summed E-state index contributed by atoms with van der Waals surface area (Å²) in [5.41, 5.74) is 0.483. The zero-order chi connectivity index (χ0) is 15.7. The van der Waals surface area contributed by atoms with E-state index in [2.05, 4.69) is 20.9 Å². The zero-order valence-corrected chi connectivity index (χ0v) is 12.8. The third-order valence-corrected chi connectivity index (χ3v) is 3.93. The summed E-state index contributed by atoms with van der Waals surface area (Å²) < 4.78 is 32.4. The number of halogens is 3. The molecule has 3 rings (SSSR count). The van der Waals surface area contributed by atoms with Crippen LogP contribution in [0.15, 0.2) is 51.7 Å². The van der Waals surface area contributed by atoms with Gasteiger partial charge in [-0.05, 0) is 40.2 Å². The standard InChI is InChI=1S/C16H10BrF2NO2/c17-14-15(11-3-1-2-4-13(11)20-16(14)21)22-8-9-5-6-10(18)7-12(9)19/h1-7H,8H2,(H,20,21). The van der Waals surface area contributed by atoms with Gasteiger partial charge in [-0.3, -0.25) is 4.79 Å². The molecule has 1 heterocycles. The van der Waals surface area contributed by atoms with Crippen molar-refractivity contribution in [3.63, 3.8) is 0 Å². The summed E-state index contributed by atoms with van der Waals surface area (Å²) in [6.07, 6.45) is 0. The van der Waals surface area contributed by atoms with Crippen molar-refractivity contribution >= 4 is 26.8 Å². The molecule has 0 saturated carbocycles. The Morgan fingerprint density at radius 3 is 2.68 bits per heavy atom. The molecule has 2 aromatic carbocycles. The van der Waals surface area contributed by atoms with Crippen LogP contribution in [0.2, 0.25) is 0 Å². The highest BCUT2D eigenvalue weighted by Crippen LogP contribution is 2.30. The molecule has 0 bridgehead atoms. The molecule has 112 valence electrons. The molecular formula is C16H10BrF2NO2. The summed E-state index contributed by atoms with van der Waals surface area (Å²) in [6, 6.07) is 10.4. The van der Waals surface area contributed by atoms with Crippen LogP contribution in [0, 0.1) is 11.6 Å². The molecular weight excluding hydrogens is 356 g/mol. The summed E-state index contributed by atoms with van der Waals surface area (Å²) in [7, 11) is 0. The highest BCUT2D eigenvalue weighted by atomic mass is 79.9. The number of aromatic amines is 1. The highest BCUT2D eigenvalue weighted by Gasteiger charge is 2.13. The van der Waals surface area contributed by atoms with Crippen molar-refractivity contribution in [2.45, 2.75) is 6.61 Å². The monoisotopic (exact) mass is 365 g/mol. The van der Waals surface area contributed by atoms with Crippen molar-refractivity contribution in [3.05, 3.63) is 74.5 Å². The van der Waals surface area contributed by atoms with Crippen LogP contribution in [-0.4, -0.2) is 4.98 Å². The average Bonchev–Trinajstić information content (AvgIpc) is 2.49. The fraction of sp³-hybridized carbons (Fsp3) is 0.0625. The van der Waals surface area contributed by atoms with E-state index in [9.17, 15) is 13.6 Å². The quantitative estimate of drug-likeness (QED) is 0.757. The molecule has 6 heteroatoms. The van der Waals surface area contributed by atoms with E-state index in [0.29, 0.717) is 16.7 Å². The molecule has 0 fully saturated rings. The molecule has 1 aromatic heterocycles. The highest BCUT2D eigenvalue weighted by molar-refractivity contribution is 9.10. The summed E-state index contributed by atoms with van der Waals surface area (Å²) in [5, 5.41) is 0.691. The molecule has 0 aliphatic carbocycles. The van der Waals surface area contributed by atoms with Gasteiger partial charge in [0, 0.05) is 17.0 Å². The Balaban J connectivity index is 2.00. The number of aromatic nitrogens is 1. The fourth-order valence-corrected chi connectivity index (χ4v) is 2.55. The number of para-hydroxylation sites is 1. The molecule has 3 aromatic rings. The minimum absolute atomic E-state index is 0.113. The summed E-state index contributed by atoms with van der Waals surface area (Å²) in [6.45, 7) is -0.113. The molecule has 0 spiro atoms. The van der Waals surface area contributed by atoms with E-state index in [1.54, 1.807) is 24.3 Å². The van der Waals surface area contributed by atoms with Crippen LogP contribution >= 0.6 is 15.9 Å². The van der Waals surface area contributed by atoms with E-state index >= 15 is 0 Å². The van der Waals surface area contributed by atoms with E-state index in [0.717, 1.165) is 12.1 Å². The van der Waals surface area contributed by atoms with E-state index in [4.69, 9.17) is 4.74 Å². The van der Waals surface area contributed by atoms with E-state index in [1.165, 1.54) is 6.07 Å². The maximum atomic E-state index is 13.6. The predicted molar refractivity (Wildman–Crippen MR) is 83.0 cm³/mol. The van der Waals surface area contributed by atoms with Gasteiger partial charge in [0.1, 0.15) is 28.5 Å². The first-order valence-electron chi connectivity index (χ1n) is 6.43. The van der Waals surface area contributed by atoms with Gasteiger partial charge in [0.15, 0.2) is 0 Å². The van der Waals surface area contributed by atoms with Crippen molar-refractivity contribution in [1.29, 1.82) is 0 Å². The minimum Gasteiger partial charge on any atom is -0.487 e. The van der Waals surface area contributed by atoms with Crippen molar-refractivity contribution in [2.75, 3.05) is 0 Å². The normalized spacial score (nSPS) is 10.9. The van der Waals surface area contributed by atoms with Crippen LogP contribution in [0.3, 0.4) is 0 Å². The maximum Gasteiger partial charge on any atom is 0.266 e. The smallest absolute Gasteiger partial charge is 0.266 e. The van der Waals surface area contributed by atoms with Crippen LogP contribution in [0.1, 0.15) is 5.56 Å². The molecule has 0 radical (unpaired) electrons. The third kappa shape index (κ3) is 2.74. The van der Waals surface area contributed by atoms with Gasteiger partial charge in [0.25, 0.3) is 5.56 Å². The number of fused-ring (bicyclic) bond motifs is 1. The fourth-order valence-electron chi connectivity index (χ4n) is 2.12. The molecule has 0 saturated heterocycles. The Bertz CT molecular complexity index is 908. The Kier molecular flexibility index (Phi) is 3.94. The van der Waals surface area contributed by atoms with Crippen molar-refractivity contribution in [3.8, 4) is 5.75 Å². The number of rotatable bonds is 3. The Labute approximate surface area is 132 Å². The van der Waals surface area contributed by atoms with Gasteiger partial charge < -0.3 is 9.72 Å². The molecule has 0 atom stereocenters. The van der Waals surface area contributed by atoms with E-state index in [1.807, 2.05) is 0 Å². The number of benzene rings is 2. The average molecular weight is 366 g/mol. The van der Waals surface area contributed by atoms with Crippen molar-refractivity contribution in [2.24, 2.45) is 0 Å². The number of pyridine rings is 1. The van der Waals surface area contributed by atoms with Gasteiger partial charge in [0.05, 0.1) is 5.52 Å². The Morgan fingerprint density at radius 1 is 1.14 bits per heavy atom. The van der Waals surface area contributed by atoms with Gasteiger partial charge in [-0.1, -0.05) is 12.1 Å². The molecule has 1 N–H and O–H groups in total. The molecule has 0 aliphatic heterocycles. The van der Waals surface area contributed by atoms with Crippen LogP contribution in [0.25, 0.3) is 10.9 Å². The first-order chi connectivity index (χ1) is 10.6. The van der Waals surface area contributed by atoms with E-state index in [-0.39, 0.29) is 22.2 Å². The summed E-state index contributed by atoms with van der Waals surface area (Å²) >= 11 is 3.18. The third-order valence-electron chi connectivity index (χ3n) is 3.21. The number of hydrogen-bond acceptors (Lipinski definition) is 2. The maximum absolute atomic E-state index is 13.6.